The summed E-state index contributed by atoms with van der Waals surface area (Å²) in [7, 11) is 0. The number of benzene rings is 1. The van der Waals surface area contributed by atoms with E-state index in [1.807, 2.05) is 6.92 Å². The fraction of sp³-hybridized carbons (Fsp3) is 0.435. The van der Waals surface area contributed by atoms with E-state index < -0.39 is 17.4 Å². The Bertz CT molecular complexity index is 1070. The van der Waals surface area contributed by atoms with Crippen LogP contribution in [0.4, 0.5) is 13.2 Å². The second-order valence-electron chi connectivity index (χ2n) is 8.53. The minimum absolute atomic E-state index is 0.0338. The molecule has 33 heavy (non-hydrogen) atoms. The highest BCUT2D eigenvalue weighted by Crippen LogP contribution is 2.40. The first kappa shape index (κ1) is 23.5. The Morgan fingerprint density at radius 1 is 1.24 bits per heavy atom. The molecule has 0 bridgehead atoms. The summed E-state index contributed by atoms with van der Waals surface area (Å²) in [5.74, 6) is 0.0411. The minimum atomic E-state index is -4.49. The molecule has 0 saturated carbocycles. The summed E-state index contributed by atoms with van der Waals surface area (Å²) < 4.78 is 43.7. The second kappa shape index (κ2) is 8.95. The highest BCUT2D eigenvalue weighted by atomic mass is 35.5. The first-order chi connectivity index (χ1) is 15.6. The number of amides is 1. The van der Waals surface area contributed by atoms with Crippen molar-refractivity contribution in [3.05, 3.63) is 63.9 Å². The van der Waals surface area contributed by atoms with Gasteiger partial charge in [0, 0.05) is 36.9 Å². The van der Waals surface area contributed by atoms with Crippen molar-refractivity contribution in [2.24, 2.45) is 10.7 Å². The number of nitrogens with zero attached hydrogens (tertiary/aromatic N) is 3. The number of rotatable bonds is 4. The van der Waals surface area contributed by atoms with E-state index in [-0.39, 0.29) is 30.8 Å². The van der Waals surface area contributed by atoms with Crippen LogP contribution in [0.25, 0.3) is 0 Å². The molecule has 1 saturated heterocycles. The average molecular weight is 481 g/mol. The van der Waals surface area contributed by atoms with Gasteiger partial charge >= 0.3 is 6.18 Å². The number of alkyl halides is 3. The first-order valence-electron chi connectivity index (χ1n) is 10.6. The van der Waals surface area contributed by atoms with Crippen LogP contribution in [0.3, 0.4) is 0 Å². The number of hydrogen-bond acceptors (Lipinski definition) is 5. The fourth-order valence-corrected chi connectivity index (χ4v) is 4.79. The van der Waals surface area contributed by atoms with E-state index in [1.54, 1.807) is 23.1 Å². The standard InChI is InChI=1S/C23H24ClF3N4O2/c1-22(12-19(32)31(21(28)30-22)16-7-9-33-10-8-16)17-4-2-3-15(20(17)24)11-14-5-6-18(29-13-14)23(25,26)27/h2-6,13,16H,7-12H2,1H3,(H2,28,30)/t22-/m0/s1. The normalized spacial score (nSPS) is 22.4. The molecule has 2 aliphatic rings. The molecule has 3 heterocycles. The van der Waals surface area contributed by atoms with Gasteiger partial charge in [-0.1, -0.05) is 35.9 Å². The van der Waals surface area contributed by atoms with E-state index in [4.69, 9.17) is 22.1 Å². The molecule has 176 valence electrons. The van der Waals surface area contributed by atoms with Crippen LogP contribution in [0.1, 0.15) is 48.6 Å². The molecule has 1 aromatic heterocycles. The topological polar surface area (TPSA) is 80.8 Å². The van der Waals surface area contributed by atoms with Crippen molar-refractivity contribution < 1.29 is 22.7 Å². The number of pyridine rings is 1. The number of aromatic nitrogens is 1. The van der Waals surface area contributed by atoms with Crippen molar-refractivity contribution >= 4 is 23.5 Å². The van der Waals surface area contributed by atoms with E-state index in [0.717, 1.165) is 6.07 Å². The van der Waals surface area contributed by atoms with Crippen LogP contribution in [0.2, 0.25) is 5.02 Å². The van der Waals surface area contributed by atoms with Gasteiger partial charge in [-0.05, 0) is 42.5 Å². The second-order valence-corrected chi connectivity index (χ2v) is 8.91. The van der Waals surface area contributed by atoms with Crippen molar-refractivity contribution in [3.63, 3.8) is 0 Å². The number of halogens is 4. The predicted molar refractivity (Wildman–Crippen MR) is 118 cm³/mol. The third-order valence-electron chi connectivity index (χ3n) is 6.10. The predicted octanol–water partition coefficient (Wildman–Crippen LogP) is 4.29. The molecule has 6 nitrogen and oxygen atoms in total. The summed E-state index contributed by atoms with van der Waals surface area (Å²) in [5.41, 5.74) is 6.28. The molecule has 0 unspecified atom stereocenters. The number of carbonyl (C=O) groups excluding carboxylic acids is 1. The van der Waals surface area contributed by atoms with Gasteiger partial charge in [-0.25, -0.2) is 4.99 Å². The van der Waals surface area contributed by atoms with E-state index in [0.29, 0.717) is 47.8 Å². The summed E-state index contributed by atoms with van der Waals surface area (Å²) in [6.07, 6.45) is -1.49. The van der Waals surface area contributed by atoms with Gasteiger partial charge in [-0.3, -0.25) is 14.7 Å². The number of carbonyl (C=O) groups is 1. The quantitative estimate of drug-likeness (QED) is 0.708. The molecule has 1 aromatic carbocycles. The maximum absolute atomic E-state index is 13.1. The largest absolute Gasteiger partial charge is 0.433 e. The van der Waals surface area contributed by atoms with Gasteiger partial charge in [-0.2, -0.15) is 13.2 Å². The van der Waals surface area contributed by atoms with Gasteiger partial charge in [0.2, 0.25) is 5.91 Å². The SMILES string of the molecule is C[C@@]1(c2cccc(Cc3ccc(C(F)(F)F)nc3)c2Cl)CC(=O)N(C2CCOCC2)C(N)=N1. The summed E-state index contributed by atoms with van der Waals surface area (Å²) in [6, 6.07) is 7.68. The first-order valence-corrected chi connectivity index (χ1v) is 11.0. The Hall–Kier alpha value is -2.65. The molecule has 10 heteroatoms. The van der Waals surface area contributed by atoms with E-state index in [1.165, 1.54) is 12.3 Å². The molecular formula is C23H24ClF3N4O2. The molecule has 2 N–H and O–H groups in total. The molecule has 1 fully saturated rings. The molecule has 1 amide bonds. The molecule has 2 aromatic rings. The molecule has 0 spiro atoms. The van der Waals surface area contributed by atoms with E-state index >= 15 is 0 Å². The zero-order valence-electron chi connectivity index (χ0n) is 18.0. The van der Waals surface area contributed by atoms with Crippen molar-refractivity contribution in [1.82, 2.24) is 9.88 Å². The lowest BCUT2D eigenvalue weighted by Gasteiger charge is -2.40. The van der Waals surface area contributed by atoms with Crippen LogP contribution in [0, 0.1) is 0 Å². The summed E-state index contributed by atoms with van der Waals surface area (Å²) in [5, 5.41) is 0.406. The summed E-state index contributed by atoms with van der Waals surface area (Å²) in [4.78, 5) is 22.8. The van der Waals surface area contributed by atoms with Crippen molar-refractivity contribution in [1.29, 1.82) is 0 Å². The molecule has 2 aliphatic heterocycles. The lowest BCUT2D eigenvalue weighted by Crippen LogP contribution is -2.55. The van der Waals surface area contributed by atoms with Gasteiger partial charge in [0.15, 0.2) is 5.96 Å². The number of ether oxygens (including phenoxy) is 1. The average Bonchev–Trinajstić information content (AvgIpc) is 2.75. The van der Waals surface area contributed by atoms with Crippen molar-refractivity contribution in [2.75, 3.05) is 13.2 Å². The number of nitrogens with two attached hydrogens (primary N) is 1. The highest BCUT2D eigenvalue weighted by Gasteiger charge is 2.41. The molecule has 4 rings (SSSR count). The Morgan fingerprint density at radius 2 is 1.97 bits per heavy atom. The molecular weight excluding hydrogens is 457 g/mol. The molecule has 1 atom stereocenters. The lowest BCUT2D eigenvalue weighted by molar-refractivity contribution is -0.141. The van der Waals surface area contributed by atoms with Gasteiger partial charge in [-0.15, -0.1) is 0 Å². The Morgan fingerprint density at radius 3 is 2.58 bits per heavy atom. The number of hydrogen-bond donors (Lipinski definition) is 1. The lowest BCUT2D eigenvalue weighted by atomic mass is 9.85. The van der Waals surface area contributed by atoms with Gasteiger partial charge in [0.1, 0.15) is 5.69 Å². The van der Waals surface area contributed by atoms with Crippen LogP contribution in [0.5, 0.6) is 0 Å². The fourth-order valence-electron chi connectivity index (χ4n) is 4.39. The van der Waals surface area contributed by atoms with Crippen LogP contribution >= 0.6 is 11.6 Å². The van der Waals surface area contributed by atoms with Gasteiger partial charge in [0.05, 0.1) is 12.0 Å². The van der Waals surface area contributed by atoms with Crippen LogP contribution in [0.15, 0.2) is 41.5 Å². The van der Waals surface area contributed by atoms with Gasteiger partial charge in [0.25, 0.3) is 0 Å². The maximum atomic E-state index is 13.1. The minimum Gasteiger partial charge on any atom is -0.381 e. The third kappa shape index (κ3) is 4.84. The summed E-state index contributed by atoms with van der Waals surface area (Å²) >= 11 is 6.71. The zero-order valence-corrected chi connectivity index (χ0v) is 18.8. The smallest absolute Gasteiger partial charge is 0.381 e. The molecule has 0 radical (unpaired) electrons. The van der Waals surface area contributed by atoms with E-state index in [9.17, 15) is 18.0 Å². The van der Waals surface area contributed by atoms with E-state index in [2.05, 4.69) is 9.98 Å². The third-order valence-corrected chi connectivity index (χ3v) is 6.54. The van der Waals surface area contributed by atoms with Crippen LogP contribution < -0.4 is 5.73 Å². The number of guanidine groups is 1. The van der Waals surface area contributed by atoms with Crippen LogP contribution in [-0.2, 0) is 27.7 Å². The molecule has 0 aliphatic carbocycles. The van der Waals surface area contributed by atoms with Gasteiger partial charge < -0.3 is 10.5 Å². The van der Waals surface area contributed by atoms with Crippen molar-refractivity contribution in [2.45, 2.75) is 50.4 Å². The Balaban J connectivity index is 1.60. The highest BCUT2D eigenvalue weighted by molar-refractivity contribution is 6.32. The monoisotopic (exact) mass is 480 g/mol. The Kier molecular flexibility index (Phi) is 6.37. The van der Waals surface area contributed by atoms with Crippen LogP contribution in [-0.4, -0.2) is 41.0 Å². The zero-order chi connectivity index (χ0) is 23.8. The Labute approximate surface area is 194 Å². The maximum Gasteiger partial charge on any atom is 0.433 e. The summed E-state index contributed by atoms with van der Waals surface area (Å²) in [6.45, 7) is 2.96. The van der Waals surface area contributed by atoms with Crippen molar-refractivity contribution in [3.8, 4) is 0 Å². The number of aliphatic imine (C=N–C) groups is 1.